The van der Waals surface area contributed by atoms with Gasteiger partial charge in [-0.25, -0.2) is 9.67 Å². The van der Waals surface area contributed by atoms with Crippen LogP contribution in [0.4, 0.5) is 13.2 Å². The Morgan fingerprint density at radius 3 is 2.26 bits per heavy atom. The van der Waals surface area contributed by atoms with Gasteiger partial charge in [0.05, 0.1) is 21.8 Å². The van der Waals surface area contributed by atoms with Crippen molar-refractivity contribution in [2.45, 2.75) is 39.5 Å². The molecule has 0 fully saturated rings. The largest absolute Gasteiger partial charge is 0.573 e. The average Bonchev–Trinajstić information content (AvgIpc) is 3.49. The molecule has 2 heterocycles. The second kappa shape index (κ2) is 10.7. The van der Waals surface area contributed by atoms with E-state index in [-0.39, 0.29) is 5.75 Å². The molecule has 0 unspecified atom stereocenters. The lowest BCUT2D eigenvalue weighted by Gasteiger charge is -2.22. The van der Waals surface area contributed by atoms with Crippen LogP contribution in [0.1, 0.15) is 31.0 Å². The monoisotopic (exact) mass is 594 g/mol. The zero-order valence-electron chi connectivity index (χ0n) is 23.1. The van der Waals surface area contributed by atoms with Gasteiger partial charge in [0.1, 0.15) is 11.4 Å². The molecule has 1 amide bonds. The van der Waals surface area contributed by atoms with E-state index in [1.165, 1.54) is 24.3 Å². The summed E-state index contributed by atoms with van der Waals surface area (Å²) in [6.07, 6.45) is -3.13. The van der Waals surface area contributed by atoms with E-state index in [2.05, 4.69) is 14.8 Å². The summed E-state index contributed by atoms with van der Waals surface area (Å²) in [5.41, 5.74) is 9.97. The number of benzene rings is 3. The number of alkyl halides is 3. The number of rotatable bonds is 7. The van der Waals surface area contributed by atoms with Gasteiger partial charge >= 0.3 is 6.36 Å². The zero-order chi connectivity index (χ0) is 30.4. The highest BCUT2D eigenvalue weighted by Crippen LogP contribution is 2.40. The van der Waals surface area contributed by atoms with E-state index in [4.69, 9.17) is 21.8 Å². The molecule has 0 aliphatic carbocycles. The summed E-state index contributed by atoms with van der Waals surface area (Å²) >= 11 is 6.33. The maximum atomic E-state index is 12.7. The molecule has 0 atom stereocenters. The van der Waals surface area contributed by atoms with Crippen LogP contribution in [-0.4, -0.2) is 27.0 Å². The van der Waals surface area contributed by atoms with Gasteiger partial charge in [0.25, 0.3) is 0 Å². The first-order chi connectivity index (χ1) is 19.7. The van der Waals surface area contributed by atoms with Crippen LogP contribution >= 0.6 is 11.6 Å². The Hall–Kier alpha value is -4.57. The summed E-state index contributed by atoms with van der Waals surface area (Å²) in [5, 5.41) is 5.01. The van der Waals surface area contributed by atoms with Crippen LogP contribution in [0.25, 0.3) is 39.4 Å². The molecular weight excluding hydrogens is 569 g/mol. The second-order valence-corrected chi connectivity index (χ2v) is 10.7. The molecule has 3 aromatic carbocycles. The number of ether oxygens (including phenoxy) is 1. The summed E-state index contributed by atoms with van der Waals surface area (Å²) in [7, 11) is 0. The lowest BCUT2D eigenvalue weighted by atomic mass is 9.82. The number of hydrogen-bond donors (Lipinski definition) is 1. The van der Waals surface area contributed by atoms with Crippen molar-refractivity contribution in [3.63, 3.8) is 0 Å². The molecule has 0 aliphatic rings. The van der Waals surface area contributed by atoms with Crippen molar-refractivity contribution in [3.05, 3.63) is 95.1 Å². The van der Waals surface area contributed by atoms with E-state index in [9.17, 15) is 18.0 Å². The normalized spacial score (nSPS) is 12.0. The van der Waals surface area contributed by atoms with Crippen LogP contribution in [0.2, 0.25) is 5.02 Å². The van der Waals surface area contributed by atoms with Crippen molar-refractivity contribution in [1.29, 1.82) is 0 Å². The summed E-state index contributed by atoms with van der Waals surface area (Å²) in [6, 6.07) is 18.6. The Labute approximate surface area is 244 Å². The van der Waals surface area contributed by atoms with Gasteiger partial charge in [0, 0.05) is 24.2 Å². The number of aromatic nitrogens is 3. The average molecular weight is 595 g/mol. The van der Waals surface area contributed by atoms with E-state index in [1.807, 2.05) is 42.5 Å². The van der Waals surface area contributed by atoms with Crippen molar-refractivity contribution in [2.75, 3.05) is 0 Å². The number of hydrogen-bond acceptors (Lipinski definition) is 5. The minimum Gasteiger partial charge on any atom is -0.440 e. The van der Waals surface area contributed by atoms with Crippen molar-refractivity contribution in [2.24, 2.45) is 5.73 Å². The minimum atomic E-state index is -4.81. The third-order valence-corrected chi connectivity index (χ3v) is 7.33. The Morgan fingerprint density at radius 2 is 1.64 bits per heavy atom. The van der Waals surface area contributed by atoms with Gasteiger partial charge in [-0.1, -0.05) is 41.9 Å². The van der Waals surface area contributed by atoms with E-state index >= 15 is 0 Å². The second-order valence-electron chi connectivity index (χ2n) is 10.3. The lowest BCUT2D eigenvalue weighted by molar-refractivity contribution is -0.274. The first-order valence-corrected chi connectivity index (χ1v) is 13.2. The van der Waals surface area contributed by atoms with Crippen LogP contribution in [0.3, 0.4) is 0 Å². The Morgan fingerprint density at radius 1 is 0.976 bits per heavy atom. The number of nitrogens with zero attached hydrogens (tertiary/aromatic N) is 3. The topological polar surface area (TPSA) is 96.2 Å². The van der Waals surface area contributed by atoms with Crippen molar-refractivity contribution < 1.29 is 27.1 Å². The van der Waals surface area contributed by atoms with Gasteiger partial charge in [-0.2, -0.15) is 5.10 Å². The molecule has 42 heavy (non-hydrogen) atoms. The molecule has 7 nitrogen and oxygen atoms in total. The Balaban J connectivity index is 1.68. The van der Waals surface area contributed by atoms with Crippen LogP contribution < -0.4 is 10.5 Å². The molecule has 2 aromatic heterocycles. The molecule has 2 N–H and O–H groups in total. The number of nitrogens with two attached hydrogens (primary N) is 1. The summed E-state index contributed by atoms with van der Waals surface area (Å²) in [5.74, 6) is -0.0650. The molecule has 5 rings (SSSR count). The Bertz CT molecular complexity index is 1770. The highest BCUT2D eigenvalue weighted by molar-refractivity contribution is 6.31. The summed E-state index contributed by atoms with van der Waals surface area (Å²) < 4.78 is 49.9. The van der Waals surface area contributed by atoms with Crippen LogP contribution in [-0.2, 0) is 10.2 Å². The number of halogens is 4. The molecule has 5 aromatic rings. The van der Waals surface area contributed by atoms with E-state index in [1.54, 1.807) is 38.6 Å². The predicted octanol–water partition coefficient (Wildman–Crippen LogP) is 7.79. The number of oxazole rings is 1. The molecule has 0 spiro atoms. The minimum absolute atomic E-state index is 0.351. The van der Waals surface area contributed by atoms with E-state index in [0.717, 1.165) is 16.7 Å². The van der Waals surface area contributed by atoms with Gasteiger partial charge in [0.15, 0.2) is 11.7 Å². The zero-order valence-corrected chi connectivity index (χ0v) is 23.8. The molecular formula is C31H26ClF3N4O3. The molecule has 0 bridgehead atoms. The summed E-state index contributed by atoms with van der Waals surface area (Å²) in [6.45, 7) is 7.00. The standard InChI is InChI=1S/C31H26ClF3N4O3/c1-17-25(32)16-39(38-17)26-13-10-21(20-6-5-7-22(14-20)30(3,4)29(36)40)15-24(26)28-27(37-18(2)41-28)19-8-11-23(12-9-19)42-31(33,34)35/h5-16H,1-4H3,(H2,36,40). The van der Waals surface area contributed by atoms with Gasteiger partial charge in [-0.3, -0.25) is 4.79 Å². The maximum absolute atomic E-state index is 12.7. The van der Waals surface area contributed by atoms with Crippen LogP contribution in [0.15, 0.2) is 77.3 Å². The molecule has 216 valence electrons. The fourth-order valence-corrected chi connectivity index (χ4v) is 4.64. The van der Waals surface area contributed by atoms with Crippen molar-refractivity contribution in [3.8, 4) is 45.1 Å². The van der Waals surface area contributed by atoms with E-state index in [0.29, 0.717) is 44.9 Å². The first-order valence-electron chi connectivity index (χ1n) is 12.8. The first kappa shape index (κ1) is 28.9. The predicted molar refractivity (Wildman–Crippen MR) is 153 cm³/mol. The van der Waals surface area contributed by atoms with Gasteiger partial charge in [-0.15, -0.1) is 13.2 Å². The summed E-state index contributed by atoms with van der Waals surface area (Å²) in [4.78, 5) is 16.7. The number of carbonyl (C=O) groups excluding carboxylic acids is 1. The third kappa shape index (κ3) is 5.75. The highest BCUT2D eigenvalue weighted by Gasteiger charge is 2.31. The number of aryl methyl sites for hydroxylation is 2. The molecule has 0 saturated heterocycles. The molecule has 0 saturated carbocycles. The quantitative estimate of drug-likeness (QED) is 0.207. The molecule has 0 aliphatic heterocycles. The number of primary amides is 1. The van der Waals surface area contributed by atoms with Gasteiger partial charge in [-0.05, 0) is 73.9 Å². The Kier molecular flexibility index (Phi) is 7.36. The lowest BCUT2D eigenvalue weighted by Crippen LogP contribution is -2.35. The van der Waals surface area contributed by atoms with E-state index < -0.39 is 17.7 Å². The van der Waals surface area contributed by atoms with Crippen LogP contribution in [0, 0.1) is 13.8 Å². The maximum Gasteiger partial charge on any atom is 0.573 e. The van der Waals surface area contributed by atoms with Gasteiger partial charge < -0.3 is 14.9 Å². The smallest absolute Gasteiger partial charge is 0.440 e. The molecule has 0 radical (unpaired) electrons. The van der Waals surface area contributed by atoms with Crippen molar-refractivity contribution in [1.82, 2.24) is 14.8 Å². The van der Waals surface area contributed by atoms with Crippen LogP contribution in [0.5, 0.6) is 5.75 Å². The number of carbonyl (C=O) groups is 1. The third-order valence-electron chi connectivity index (χ3n) is 6.96. The number of amides is 1. The van der Waals surface area contributed by atoms with Crippen molar-refractivity contribution >= 4 is 17.5 Å². The molecule has 11 heteroatoms. The van der Waals surface area contributed by atoms with Gasteiger partial charge in [0.2, 0.25) is 5.91 Å². The highest BCUT2D eigenvalue weighted by atomic mass is 35.5. The SMILES string of the molecule is Cc1nc(-c2ccc(OC(F)(F)F)cc2)c(-c2cc(-c3cccc(C(C)(C)C(N)=O)c3)ccc2-n2cc(Cl)c(C)n2)o1. The fourth-order valence-electron chi connectivity index (χ4n) is 4.51. The fraction of sp³-hybridized carbons (Fsp3) is 0.194.